The summed E-state index contributed by atoms with van der Waals surface area (Å²) in [6.45, 7) is 0.267. The van der Waals surface area contributed by atoms with E-state index in [1.807, 2.05) is 0 Å². The van der Waals surface area contributed by atoms with Gasteiger partial charge in [-0.25, -0.2) is 8.78 Å². The normalized spacial score (nSPS) is 17.7. The third-order valence-corrected chi connectivity index (χ3v) is 6.95. The number of rotatable bonds is 6. The van der Waals surface area contributed by atoms with Gasteiger partial charge in [0.05, 0.1) is 16.4 Å². The number of halogens is 4. The molecule has 29 heavy (non-hydrogen) atoms. The molecule has 2 aromatic rings. The van der Waals surface area contributed by atoms with Crippen LogP contribution < -0.4 is 10.0 Å². The van der Waals surface area contributed by atoms with Crippen LogP contribution in [0.15, 0.2) is 30.3 Å². The van der Waals surface area contributed by atoms with Gasteiger partial charge < -0.3 is 10.1 Å². The second-order valence-electron chi connectivity index (χ2n) is 6.54. The van der Waals surface area contributed by atoms with Crippen molar-refractivity contribution in [1.82, 2.24) is 4.31 Å². The topological polar surface area (TPSA) is 78.5 Å². The zero-order valence-electron chi connectivity index (χ0n) is 15.0. The van der Waals surface area contributed by atoms with E-state index in [4.69, 9.17) is 11.6 Å². The first-order valence-electron chi connectivity index (χ1n) is 8.64. The first-order chi connectivity index (χ1) is 13.7. The molecule has 0 bridgehead atoms. The summed E-state index contributed by atoms with van der Waals surface area (Å²) < 4.78 is 58.1. The van der Waals surface area contributed by atoms with E-state index in [9.17, 15) is 22.0 Å². The predicted molar refractivity (Wildman–Crippen MR) is 117 cm³/mol. The molecule has 1 fully saturated rings. The molecule has 11 heteroatoms. The van der Waals surface area contributed by atoms with Crippen molar-refractivity contribution >= 4 is 67.7 Å². The third kappa shape index (κ3) is 5.16. The maximum absolute atomic E-state index is 14.5. The van der Waals surface area contributed by atoms with Crippen molar-refractivity contribution in [2.75, 3.05) is 23.1 Å². The molecule has 0 saturated carbocycles. The highest BCUT2D eigenvalue weighted by Crippen LogP contribution is 2.34. The highest BCUT2D eigenvalue weighted by molar-refractivity contribution is 14.1. The van der Waals surface area contributed by atoms with Crippen molar-refractivity contribution in [2.45, 2.75) is 12.8 Å². The van der Waals surface area contributed by atoms with Crippen LogP contribution in [0.25, 0.3) is 0 Å². The second kappa shape index (κ2) is 9.11. The SMILES string of the molecule is O=CC1CCCN(S(=O)(=O)Nc2ccc(F)c(F)c2Nc2ccc(I)cc2Cl)C1. The molecule has 0 amide bonds. The molecule has 2 aromatic carbocycles. The Kier molecular flexibility index (Phi) is 6.97. The Labute approximate surface area is 185 Å². The highest BCUT2D eigenvalue weighted by Gasteiger charge is 2.30. The predicted octanol–water partition coefficient (Wildman–Crippen LogP) is 4.53. The number of benzene rings is 2. The average molecular weight is 556 g/mol. The largest absolute Gasteiger partial charge is 0.350 e. The van der Waals surface area contributed by atoms with E-state index in [1.54, 1.807) is 18.2 Å². The Bertz CT molecular complexity index is 1040. The van der Waals surface area contributed by atoms with Crippen LogP contribution in [-0.4, -0.2) is 32.1 Å². The van der Waals surface area contributed by atoms with Gasteiger partial charge in [0, 0.05) is 22.6 Å². The molecule has 1 aliphatic heterocycles. The van der Waals surface area contributed by atoms with E-state index in [2.05, 4.69) is 32.6 Å². The number of nitrogens with zero attached hydrogens (tertiary/aromatic N) is 1. The summed E-state index contributed by atoms with van der Waals surface area (Å²) in [4.78, 5) is 11.0. The van der Waals surface area contributed by atoms with Crippen LogP contribution in [-0.2, 0) is 15.0 Å². The Morgan fingerprint density at radius 2 is 1.93 bits per heavy atom. The molecule has 6 nitrogen and oxygen atoms in total. The third-order valence-electron chi connectivity index (χ3n) is 4.48. The van der Waals surface area contributed by atoms with E-state index in [0.717, 1.165) is 26.3 Å². The molecule has 1 saturated heterocycles. The minimum atomic E-state index is -4.08. The fourth-order valence-electron chi connectivity index (χ4n) is 2.99. The quantitative estimate of drug-likeness (QED) is 0.406. The Morgan fingerprint density at radius 3 is 2.62 bits per heavy atom. The van der Waals surface area contributed by atoms with Gasteiger partial charge in [0.15, 0.2) is 11.6 Å². The number of carbonyl (C=O) groups is 1. The summed E-state index contributed by atoms with van der Waals surface area (Å²) in [5.74, 6) is -2.78. The van der Waals surface area contributed by atoms with Crippen molar-refractivity contribution in [2.24, 2.45) is 5.92 Å². The summed E-state index contributed by atoms with van der Waals surface area (Å²) in [6, 6.07) is 6.87. The molecule has 1 unspecified atom stereocenters. The van der Waals surface area contributed by atoms with E-state index >= 15 is 0 Å². The summed E-state index contributed by atoms with van der Waals surface area (Å²) in [6.07, 6.45) is 1.87. The van der Waals surface area contributed by atoms with Crippen molar-refractivity contribution in [3.63, 3.8) is 0 Å². The molecule has 0 radical (unpaired) electrons. The number of piperidine rings is 1. The van der Waals surface area contributed by atoms with Crippen molar-refractivity contribution in [3.8, 4) is 0 Å². The molecule has 2 N–H and O–H groups in total. The van der Waals surface area contributed by atoms with E-state index < -0.39 is 27.8 Å². The molecule has 0 aromatic heterocycles. The Morgan fingerprint density at radius 1 is 1.21 bits per heavy atom. The van der Waals surface area contributed by atoms with Crippen molar-refractivity contribution in [1.29, 1.82) is 0 Å². The molecule has 0 aliphatic carbocycles. The fraction of sp³-hybridized carbons (Fsp3) is 0.278. The lowest BCUT2D eigenvalue weighted by Gasteiger charge is -2.29. The van der Waals surface area contributed by atoms with Gasteiger partial charge in [-0.15, -0.1) is 0 Å². The lowest BCUT2D eigenvalue weighted by Crippen LogP contribution is -2.43. The van der Waals surface area contributed by atoms with Crippen LogP contribution in [0.1, 0.15) is 12.8 Å². The van der Waals surface area contributed by atoms with Crippen LogP contribution >= 0.6 is 34.2 Å². The minimum absolute atomic E-state index is 0.0359. The van der Waals surface area contributed by atoms with Gasteiger partial charge in [0.2, 0.25) is 0 Å². The minimum Gasteiger partial charge on any atom is -0.350 e. The van der Waals surface area contributed by atoms with E-state index in [0.29, 0.717) is 12.8 Å². The van der Waals surface area contributed by atoms with E-state index in [-0.39, 0.29) is 35.2 Å². The molecule has 156 valence electrons. The zero-order valence-corrected chi connectivity index (χ0v) is 18.7. The van der Waals surface area contributed by atoms with Gasteiger partial charge in [-0.2, -0.15) is 12.7 Å². The molecule has 0 spiro atoms. The highest BCUT2D eigenvalue weighted by atomic mass is 127. The van der Waals surface area contributed by atoms with Gasteiger partial charge in [-0.3, -0.25) is 4.72 Å². The first-order valence-corrected chi connectivity index (χ1v) is 11.5. The Hall–Kier alpha value is -1.50. The number of nitrogens with one attached hydrogen (secondary N) is 2. The summed E-state index contributed by atoms with van der Waals surface area (Å²) in [5, 5.41) is 2.93. The molecule has 1 heterocycles. The van der Waals surface area contributed by atoms with Crippen molar-refractivity contribution in [3.05, 3.63) is 50.6 Å². The number of hydrogen-bond donors (Lipinski definition) is 2. The Balaban J connectivity index is 1.93. The fourth-order valence-corrected chi connectivity index (χ4v) is 5.23. The second-order valence-corrected chi connectivity index (χ2v) is 9.86. The maximum Gasteiger partial charge on any atom is 0.301 e. The van der Waals surface area contributed by atoms with Gasteiger partial charge in [0.1, 0.15) is 12.0 Å². The number of aldehydes is 1. The van der Waals surface area contributed by atoms with Gasteiger partial charge >= 0.3 is 10.2 Å². The first kappa shape index (κ1) is 22.2. The average Bonchev–Trinajstić information content (AvgIpc) is 2.69. The number of anilines is 3. The standard InChI is InChI=1S/C18H17ClF2IN3O3S/c19-13-8-12(22)3-5-15(13)23-18-16(6-4-14(20)17(18)21)24-29(27,28)25-7-1-2-11(9-25)10-26/h3-6,8,10-11,23-24H,1-2,7,9H2. The molecular weight excluding hydrogens is 539 g/mol. The molecule has 1 aliphatic rings. The zero-order chi connectivity index (χ0) is 21.2. The summed E-state index contributed by atoms with van der Waals surface area (Å²) in [7, 11) is -4.08. The lowest BCUT2D eigenvalue weighted by molar-refractivity contribution is -0.112. The molecule has 3 rings (SSSR count). The van der Waals surface area contributed by atoms with Crippen molar-refractivity contribution < 1.29 is 22.0 Å². The van der Waals surface area contributed by atoms with Crippen LogP contribution in [0.5, 0.6) is 0 Å². The van der Waals surface area contributed by atoms with Gasteiger partial charge in [0.25, 0.3) is 0 Å². The van der Waals surface area contributed by atoms with Crippen LogP contribution in [0.3, 0.4) is 0 Å². The molecular formula is C18H17ClF2IN3O3S. The molecule has 1 atom stereocenters. The summed E-state index contributed by atoms with van der Waals surface area (Å²) in [5.41, 5.74) is -0.275. The lowest BCUT2D eigenvalue weighted by atomic mass is 10.0. The number of carbonyl (C=O) groups excluding carboxylic acids is 1. The van der Waals surface area contributed by atoms with E-state index in [1.165, 1.54) is 0 Å². The number of hydrogen-bond acceptors (Lipinski definition) is 4. The maximum atomic E-state index is 14.5. The monoisotopic (exact) mass is 555 g/mol. The summed E-state index contributed by atoms with van der Waals surface area (Å²) >= 11 is 8.20. The smallest absolute Gasteiger partial charge is 0.301 e. The van der Waals surface area contributed by atoms with Crippen LogP contribution in [0.4, 0.5) is 25.8 Å². The van der Waals surface area contributed by atoms with Crippen LogP contribution in [0, 0.1) is 21.1 Å². The van der Waals surface area contributed by atoms with Gasteiger partial charge in [-0.05, 0) is 65.8 Å². The van der Waals surface area contributed by atoms with Crippen LogP contribution in [0.2, 0.25) is 5.02 Å². The van der Waals surface area contributed by atoms with Gasteiger partial charge in [-0.1, -0.05) is 11.6 Å².